The van der Waals surface area contributed by atoms with E-state index < -0.39 is 60.7 Å². The maximum absolute atomic E-state index is 13.7. The number of alkyl carbamates (subject to hydrolysis) is 1. The van der Waals surface area contributed by atoms with E-state index in [1.54, 1.807) is 40.9 Å². The summed E-state index contributed by atoms with van der Waals surface area (Å²) in [6.07, 6.45) is -2.15. The number of fused-ring (bicyclic) bond motifs is 1. The molecule has 0 bridgehead atoms. The molecule has 1 aromatic carbocycles. The molecule has 14 nitrogen and oxygen atoms in total. The number of rotatable bonds is 14. The number of ether oxygens (including phenoxy) is 3. The Labute approximate surface area is 310 Å². The molecule has 2 heterocycles. The van der Waals surface area contributed by atoms with Gasteiger partial charge in [0.05, 0.1) is 17.8 Å². The van der Waals surface area contributed by atoms with Crippen LogP contribution < -0.4 is 16.2 Å². The zero-order valence-corrected chi connectivity index (χ0v) is 31.2. The second-order valence-corrected chi connectivity index (χ2v) is 13.9. The first-order valence-electron chi connectivity index (χ1n) is 17.1. The molecule has 3 amide bonds. The molecule has 0 aliphatic heterocycles. The molecular weight excluding hydrogens is 715 g/mol. The Bertz CT molecular complexity index is 1920. The number of allylic oxidation sites excluding steroid dienone is 1. The fourth-order valence-electron chi connectivity index (χ4n) is 5.18. The third-order valence-corrected chi connectivity index (χ3v) is 7.51. The lowest BCUT2D eigenvalue weighted by atomic mass is 10.0. The largest absolute Gasteiger partial charge is 0.490 e. The summed E-state index contributed by atoms with van der Waals surface area (Å²) in [6.45, 7) is 7.64. The Balaban J connectivity index is 1.88. The highest BCUT2D eigenvalue weighted by molar-refractivity contribution is 5.96. The number of halogens is 3. The van der Waals surface area contributed by atoms with Crippen LogP contribution in [0.25, 0.3) is 10.9 Å². The number of likely N-dealkylation sites (N-methyl/N-ethyl adjacent to an activating group) is 1. The van der Waals surface area contributed by atoms with Gasteiger partial charge in [-0.05, 0) is 75.8 Å². The Hall–Kier alpha value is -5.61. The number of carbonyl (C=O) groups is 5. The van der Waals surface area contributed by atoms with E-state index >= 15 is 0 Å². The smallest absolute Gasteiger partial charge is 0.455 e. The molecule has 294 valence electrons. The first kappa shape index (κ1) is 42.8. The van der Waals surface area contributed by atoms with Crippen molar-refractivity contribution < 1.29 is 51.4 Å². The minimum atomic E-state index is -5.23. The molecule has 2 aromatic heterocycles. The summed E-state index contributed by atoms with van der Waals surface area (Å²) in [6, 6.07) is 9.00. The van der Waals surface area contributed by atoms with Gasteiger partial charge in [-0.25, -0.2) is 19.0 Å². The fraction of sp³-hybridized carbons (Fsp3) is 0.459. The van der Waals surface area contributed by atoms with Gasteiger partial charge in [-0.2, -0.15) is 13.2 Å². The number of anilines is 1. The van der Waals surface area contributed by atoms with Crippen molar-refractivity contribution >= 4 is 46.6 Å². The van der Waals surface area contributed by atoms with Crippen molar-refractivity contribution in [3.63, 3.8) is 0 Å². The second-order valence-electron chi connectivity index (χ2n) is 13.9. The van der Waals surface area contributed by atoms with E-state index in [4.69, 9.17) is 9.47 Å². The van der Waals surface area contributed by atoms with Gasteiger partial charge in [0.1, 0.15) is 30.5 Å². The molecule has 0 unspecified atom stereocenters. The summed E-state index contributed by atoms with van der Waals surface area (Å²) in [4.78, 5) is 77.4. The minimum absolute atomic E-state index is 0.0864. The van der Waals surface area contributed by atoms with E-state index in [2.05, 4.69) is 29.2 Å². The van der Waals surface area contributed by atoms with Crippen LogP contribution in [0, 0.1) is 5.92 Å². The number of nitrogens with zero attached hydrogens (tertiary/aromatic N) is 3. The van der Waals surface area contributed by atoms with Crippen molar-refractivity contribution in [3.8, 4) is 0 Å². The summed E-state index contributed by atoms with van der Waals surface area (Å²) in [5.74, 6) is -3.36. The second kappa shape index (κ2) is 18.4. The minimum Gasteiger partial charge on any atom is -0.455 e. The fourth-order valence-corrected chi connectivity index (χ4v) is 5.18. The van der Waals surface area contributed by atoms with E-state index in [0.717, 1.165) is 10.9 Å². The molecule has 0 aliphatic carbocycles. The number of nitrogens with one attached hydrogen (secondary N) is 2. The predicted octanol–water partition coefficient (Wildman–Crippen LogP) is 5.40. The van der Waals surface area contributed by atoms with Crippen LogP contribution in [0.3, 0.4) is 0 Å². The number of para-hydroxylation sites is 1. The maximum atomic E-state index is 13.7. The molecule has 1 atom stereocenters. The molecule has 54 heavy (non-hydrogen) atoms. The maximum Gasteiger partial charge on any atom is 0.490 e. The molecule has 0 fully saturated rings. The summed E-state index contributed by atoms with van der Waals surface area (Å²) in [5, 5.41) is 5.55. The molecule has 0 aliphatic rings. The third kappa shape index (κ3) is 12.5. The average Bonchev–Trinajstić information content (AvgIpc) is 3.43. The Morgan fingerprint density at radius 3 is 2.30 bits per heavy atom. The lowest BCUT2D eigenvalue weighted by Crippen LogP contribution is -2.45. The zero-order valence-electron chi connectivity index (χ0n) is 31.2. The van der Waals surface area contributed by atoms with Gasteiger partial charge >= 0.3 is 24.3 Å². The van der Waals surface area contributed by atoms with Gasteiger partial charge in [0.25, 0.3) is 5.56 Å². The molecule has 3 aromatic rings. The third-order valence-electron chi connectivity index (χ3n) is 7.51. The molecular formula is C37H46F3N5O9. The summed E-state index contributed by atoms with van der Waals surface area (Å²) >= 11 is 0. The van der Waals surface area contributed by atoms with Gasteiger partial charge in [0.2, 0.25) is 11.8 Å². The van der Waals surface area contributed by atoms with Gasteiger partial charge in [0, 0.05) is 25.7 Å². The number of carbonyl (C=O) groups excluding carboxylic acids is 5. The van der Waals surface area contributed by atoms with E-state index in [9.17, 15) is 41.9 Å². The summed E-state index contributed by atoms with van der Waals surface area (Å²) in [7, 11) is 3.08. The highest BCUT2D eigenvalue weighted by Crippen LogP contribution is 2.27. The van der Waals surface area contributed by atoms with Crippen LogP contribution in [0.4, 0.5) is 28.4 Å². The van der Waals surface area contributed by atoms with Crippen molar-refractivity contribution in [1.82, 2.24) is 19.4 Å². The van der Waals surface area contributed by atoms with Crippen LogP contribution in [0.15, 0.2) is 59.5 Å². The van der Waals surface area contributed by atoms with Gasteiger partial charge in [-0.1, -0.05) is 38.1 Å². The number of pyridine rings is 1. The molecule has 0 spiro atoms. The van der Waals surface area contributed by atoms with Crippen LogP contribution in [-0.4, -0.2) is 89.1 Å². The number of esters is 1. The van der Waals surface area contributed by atoms with Crippen molar-refractivity contribution in [1.29, 1.82) is 0 Å². The quantitative estimate of drug-likeness (QED) is 0.0947. The van der Waals surface area contributed by atoms with Crippen molar-refractivity contribution in [3.05, 3.63) is 76.4 Å². The van der Waals surface area contributed by atoms with Crippen LogP contribution in [0.5, 0.6) is 0 Å². The van der Waals surface area contributed by atoms with Crippen LogP contribution in [0.1, 0.15) is 58.7 Å². The van der Waals surface area contributed by atoms with Gasteiger partial charge < -0.3 is 34.3 Å². The van der Waals surface area contributed by atoms with Crippen molar-refractivity contribution in [2.75, 3.05) is 32.6 Å². The predicted molar refractivity (Wildman–Crippen MR) is 193 cm³/mol. The Kier molecular flexibility index (Phi) is 14.6. The SMILES string of the molecule is CC(C)Cc1cccc2cc(Cn3cccc(NC(=O)[C@H](CC/C=C/C(=O)N(C)C)NC(=O)OCCOC(=O)C(F)(F)F)c3=O)n(C(=O)OC(C)(C)C)c12. The van der Waals surface area contributed by atoms with E-state index in [0.29, 0.717) is 17.6 Å². The average molecular weight is 762 g/mol. The highest BCUT2D eigenvalue weighted by atomic mass is 19.4. The van der Waals surface area contributed by atoms with Gasteiger partial charge in [0.15, 0.2) is 0 Å². The number of hydrogen-bond acceptors (Lipinski definition) is 9. The number of hydrogen-bond donors (Lipinski definition) is 2. The van der Waals surface area contributed by atoms with E-state index in [1.807, 2.05) is 18.2 Å². The number of aromatic nitrogens is 2. The van der Waals surface area contributed by atoms with Crippen molar-refractivity contribution in [2.24, 2.45) is 5.92 Å². The lowest BCUT2D eigenvalue weighted by molar-refractivity contribution is -0.200. The molecule has 0 radical (unpaired) electrons. The number of benzene rings is 1. The number of alkyl halides is 3. The first-order valence-corrected chi connectivity index (χ1v) is 17.1. The van der Waals surface area contributed by atoms with Crippen LogP contribution in [0.2, 0.25) is 0 Å². The molecule has 0 saturated heterocycles. The Morgan fingerprint density at radius 1 is 0.981 bits per heavy atom. The topological polar surface area (TPSA) is 167 Å². The Morgan fingerprint density at radius 2 is 1.67 bits per heavy atom. The molecule has 17 heteroatoms. The molecule has 3 rings (SSSR count). The monoisotopic (exact) mass is 761 g/mol. The molecule has 2 N–H and O–H groups in total. The first-order chi connectivity index (χ1) is 25.2. The zero-order chi connectivity index (χ0) is 40.4. The molecule has 0 saturated carbocycles. The normalized spacial score (nSPS) is 12.4. The standard InChI is InChI=1S/C37H46F3N5O9/c1-23(2)20-24-12-10-13-25-21-26(45(30(24)25)35(51)54-36(3,4)5)22-44-17-11-15-28(32(44)48)41-31(47)27(14-8-9-16-29(46)43(6)7)42-34(50)53-19-18-52-33(49)37(38,39)40/h9-13,15-17,21,23,27H,8,14,18-20,22H2,1-7H3,(H,41,47)(H,42,50)/b16-9+/t27-/m0/s1. The highest BCUT2D eigenvalue weighted by Gasteiger charge is 2.40. The van der Waals surface area contributed by atoms with E-state index in [1.165, 1.54) is 44.5 Å². The van der Waals surface area contributed by atoms with Crippen molar-refractivity contribution in [2.45, 2.75) is 78.2 Å². The van der Waals surface area contributed by atoms with Crippen LogP contribution in [-0.2, 0) is 41.6 Å². The lowest BCUT2D eigenvalue weighted by Gasteiger charge is -2.22. The van der Waals surface area contributed by atoms with Crippen LogP contribution >= 0.6 is 0 Å². The summed E-state index contributed by atoms with van der Waals surface area (Å²) < 4.78 is 54.4. The summed E-state index contributed by atoms with van der Waals surface area (Å²) in [5.41, 5.74) is 0.414. The van der Waals surface area contributed by atoms with Gasteiger partial charge in [-0.3, -0.25) is 14.4 Å². The van der Waals surface area contributed by atoms with Gasteiger partial charge in [-0.15, -0.1) is 0 Å². The van der Waals surface area contributed by atoms with E-state index in [-0.39, 0.29) is 36.9 Å². The number of amides is 3.